The number of nitrogens with one attached hydrogen (secondary N) is 1. The number of nitrogens with zero attached hydrogens (tertiary/aromatic N) is 5. The molecule has 0 aliphatic heterocycles. The van der Waals surface area contributed by atoms with Gasteiger partial charge in [-0.1, -0.05) is 32.3 Å². The Kier molecular flexibility index (Phi) is 13.6. The molecule has 2 aromatic carbocycles. The number of aryl methyl sites for hydroxylation is 1. The van der Waals surface area contributed by atoms with Crippen LogP contribution in [0.1, 0.15) is 67.7 Å². The molecule has 0 radical (unpaired) electrons. The van der Waals surface area contributed by atoms with Crippen LogP contribution in [0.25, 0.3) is 11.0 Å². The number of ether oxygens (including phenoxy) is 3. The minimum atomic E-state index is -0.694. The Balaban J connectivity index is 1.40. The Hall–Kier alpha value is -5.30. The van der Waals surface area contributed by atoms with Crippen LogP contribution in [-0.2, 0) is 32.6 Å². The first kappa shape index (κ1) is 36.5. The molecule has 0 spiro atoms. The van der Waals surface area contributed by atoms with Gasteiger partial charge in [-0.25, -0.2) is 14.8 Å². The second-order valence-corrected chi connectivity index (χ2v) is 11.5. The number of carbonyl (C=O) groups is 3. The Morgan fingerprint density at radius 3 is 2.51 bits per heavy atom. The Morgan fingerprint density at radius 2 is 1.80 bits per heavy atom. The summed E-state index contributed by atoms with van der Waals surface area (Å²) in [5.41, 5.74) is 9.36. The Morgan fingerprint density at radius 1 is 1.02 bits per heavy atom. The maximum atomic E-state index is 13.8. The third kappa shape index (κ3) is 10.6. The van der Waals surface area contributed by atoms with Gasteiger partial charge in [0.25, 0.3) is 5.91 Å². The zero-order valence-corrected chi connectivity index (χ0v) is 28.6. The van der Waals surface area contributed by atoms with Crippen molar-refractivity contribution in [3.63, 3.8) is 0 Å². The number of amidine groups is 1. The first-order valence-electron chi connectivity index (χ1n) is 16.4. The smallest absolute Gasteiger partial charge is 0.435 e. The van der Waals surface area contributed by atoms with E-state index in [1.165, 1.54) is 4.90 Å². The predicted molar refractivity (Wildman–Crippen MR) is 189 cm³/mol. The Bertz CT molecular complexity index is 1720. The number of methoxy groups -OCH3 is 1. The average Bonchev–Trinajstić information content (AvgIpc) is 3.44. The summed E-state index contributed by atoms with van der Waals surface area (Å²) in [5.74, 6) is 0.514. The van der Waals surface area contributed by atoms with Gasteiger partial charge in [-0.05, 0) is 67.9 Å². The van der Waals surface area contributed by atoms with Crippen molar-refractivity contribution < 1.29 is 28.6 Å². The number of hydrogen-bond acceptors (Lipinski definition) is 9. The molecule has 3 N–H and O–H groups in total. The van der Waals surface area contributed by atoms with Crippen molar-refractivity contribution in [2.24, 2.45) is 17.8 Å². The van der Waals surface area contributed by atoms with Crippen molar-refractivity contribution in [2.75, 3.05) is 37.1 Å². The number of anilines is 2. The number of hydrogen-bond donors (Lipinski definition) is 2. The molecule has 260 valence electrons. The van der Waals surface area contributed by atoms with Gasteiger partial charge >= 0.3 is 12.1 Å². The zero-order valence-electron chi connectivity index (χ0n) is 28.6. The highest BCUT2D eigenvalue weighted by Crippen LogP contribution is 2.21. The molecular weight excluding hydrogens is 626 g/mol. The van der Waals surface area contributed by atoms with Gasteiger partial charge in [-0.3, -0.25) is 14.5 Å². The highest BCUT2D eigenvalue weighted by Gasteiger charge is 2.22. The highest BCUT2D eigenvalue weighted by atomic mass is 16.6. The van der Waals surface area contributed by atoms with Crippen LogP contribution in [0, 0.1) is 0 Å². The van der Waals surface area contributed by atoms with Gasteiger partial charge in [0.15, 0.2) is 0 Å². The molecule has 4 rings (SSSR count). The van der Waals surface area contributed by atoms with Gasteiger partial charge in [0, 0.05) is 43.7 Å². The Labute approximate surface area is 286 Å². The molecule has 2 amide bonds. The van der Waals surface area contributed by atoms with Crippen molar-refractivity contribution in [3.05, 3.63) is 83.8 Å². The summed E-state index contributed by atoms with van der Waals surface area (Å²) >= 11 is 0. The number of benzene rings is 2. The number of amides is 2. The van der Waals surface area contributed by atoms with Gasteiger partial charge in [0.2, 0.25) is 0 Å². The second kappa shape index (κ2) is 18.3. The fraction of sp³-hybridized carbons (Fsp3) is 0.389. The van der Waals surface area contributed by atoms with Gasteiger partial charge in [0.05, 0.1) is 36.7 Å². The molecule has 13 nitrogen and oxygen atoms in total. The normalized spacial score (nSPS) is 12.0. The number of carbonyl (C=O) groups excluding carboxylic acids is 3. The predicted octanol–water partition coefficient (Wildman–Crippen LogP) is 5.62. The summed E-state index contributed by atoms with van der Waals surface area (Å²) in [5, 5.41) is 3.35. The molecular formula is C36H45N7O6. The third-order valence-electron chi connectivity index (χ3n) is 7.88. The van der Waals surface area contributed by atoms with E-state index >= 15 is 0 Å². The molecule has 13 heteroatoms. The maximum Gasteiger partial charge on any atom is 0.435 e. The average molecular weight is 672 g/mol. The number of unbranched alkanes of at least 4 members (excludes halogenated alkanes) is 3. The molecule has 0 fully saturated rings. The number of rotatable bonds is 17. The lowest BCUT2D eigenvalue weighted by Gasteiger charge is -2.21. The lowest BCUT2D eigenvalue weighted by Crippen LogP contribution is -2.34. The van der Waals surface area contributed by atoms with Crippen molar-refractivity contribution in [1.29, 1.82) is 0 Å². The van der Waals surface area contributed by atoms with Crippen LogP contribution in [0.4, 0.5) is 16.3 Å². The highest BCUT2D eigenvalue weighted by molar-refractivity contribution is 6.07. The van der Waals surface area contributed by atoms with Crippen LogP contribution in [0.5, 0.6) is 0 Å². The van der Waals surface area contributed by atoms with Crippen molar-refractivity contribution in [1.82, 2.24) is 14.5 Å². The second-order valence-electron chi connectivity index (χ2n) is 11.5. The van der Waals surface area contributed by atoms with Crippen molar-refractivity contribution >= 4 is 46.3 Å². The number of imidazole rings is 1. The summed E-state index contributed by atoms with van der Waals surface area (Å²) in [7, 11) is 3.46. The van der Waals surface area contributed by atoms with Crippen LogP contribution >= 0.6 is 0 Å². The minimum absolute atomic E-state index is 0.00744. The molecule has 49 heavy (non-hydrogen) atoms. The van der Waals surface area contributed by atoms with E-state index in [0.29, 0.717) is 35.6 Å². The molecule has 0 bridgehead atoms. The van der Waals surface area contributed by atoms with Crippen molar-refractivity contribution in [3.8, 4) is 0 Å². The first-order valence-corrected chi connectivity index (χ1v) is 16.4. The zero-order chi connectivity index (χ0) is 35.2. The molecule has 2 aromatic heterocycles. The van der Waals surface area contributed by atoms with E-state index in [4.69, 9.17) is 24.9 Å². The van der Waals surface area contributed by atoms with Crippen LogP contribution < -0.4 is 16.0 Å². The van der Waals surface area contributed by atoms with Crippen LogP contribution in [-0.4, -0.2) is 71.3 Å². The number of aromatic nitrogens is 3. The van der Waals surface area contributed by atoms with E-state index in [1.807, 2.05) is 29.8 Å². The molecule has 0 aliphatic carbocycles. The van der Waals surface area contributed by atoms with Gasteiger partial charge < -0.3 is 29.8 Å². The summed E-state index contributed by atoms with van der Waals surface area (Å²) < 4.78 is 17.5. The van der Waals surface area contributed by atoms with Crippen LogP contribution in [0.15, 0.2) is 71.9 Å². The summed E-state index contributed by atoms with van der Waals surface area (Å²) in [6, 6.07) is 17.8. The fourth-order valence-corrected chi connectivity index (χ4v) is 4.91. The SMILES string of the molecule is CCCCCCOC(=O)N=C(N)c1ccc(NCc2nc3cc(C(=O)N(CCC(=O)OCC(C)OC)c4ccccn4)ccc3n2C)cc1. The van der Waals surface area contributed by atoms with Crippen LogP contribution in [0.3, 0.4) is 0 Å². The lowest BCUT2D eigenvalue weighted by atomic mass is 10.1. The maximum absolute atomic E-state index is 13.8. The van der Waals surface area contributed by atoms with E-state index in [1.54, 1.807) is 62.7 Å². The molecule has 0 aliphatic rings. The van der Waals surface area contributed by atoms with E-state index in [0.717, 1.165) is 42.7 Å². The summed E-state index contributed by atoms with van der Waals surface area (Å²) in [6.07, 6.45) is 4.69. The molecule has 4 aromatic rings. The lowest BCUT2D eigenvalue weighted by molar-refractivity contribution is -0.146. The number of fused-ring (bicyclic) bond motifs is 1. The number of aliphatic imine (C=N–C) groups is 1. The minimum Gasteiger partial charge on any atom is -0.463 e. The molecule has 1 atom stereocenters. The van der Waals surface area contributed by atoms with E-state index in [2.05, 4.69) is 22.2 Å². The van der Waals surface area contributed by atoms with E-state index < -0.39 is 12.1 Å². The summed E-state index contributed by atoms with van der Waals surface area (Å²) in [4.78, 5) is 52.6. The van der Waals surface area contributed by atoms with Gasteiger partial charge in [-0.2, -0.15) is 4.99 Å². The first-order chi connectivity index (χ1) is 23.7. The van der Waals surface area contributed by atoms with E-state index in [9.17, 15) is 14.4 Å². The number of pyridine rings is 1. The molecule has 0 saturated carbocycles. The quantitative estimate of drug-likeness (QED) is 0.0624. The summed E-state index contributed by atoms with van der Waals surface area (Å²) in [6.45, 7) is 4.88. The van der Waals surface area contributed by atoms with E-state index in [-0.39, 0.29) is 37.4 Å². The third-order valence-corrected chi connectivity index (χ3v) is 7.88. The largest absolute Gasteiger partial charge is 0.463 e. The van der Waals surface area contributed by atoms with Crippen molar-refractivity contribution in [2.45, 2.75) is 58.6 Å². The van der Waals surface area contributed by atoms with Gasteiger partial charge in [-0.15, -0.1) is 0 Å². The monoisotopic (exact) mass is 671 g/mol. The fourth-order valence-electron chi connectivity index (χ4n) is 4.91. The topological polar surface area (TPSA) is 163 Å². The number of esters is 1. The standard InChI is InChI=1S/C36H45N7O6/c1-5-6-7-10-21-48-36(46)41-34(37)26-12-15-28(16-13-26)39-23-32-40-29-22-27(14-17-30(29)42(32)3)35(45)43(31-11-8-9-19-38-31)20-18-33(44)49-24-25(2)47-4/h8-9,11-17,19,22,25,39H,5-7,10,18,20-21,23-24H2,1-4H3,(H2,37,41,46). The molecule has 1 unspecified atom stereocenters. The molecule has 2 heterocycles. The number of nitrogens with two attached hydrogens (primary N) is 1. The molecule has 0 saturated heterocycles. The van der Waals surface area contributed by atoms with Crippen LogP contribution in [0.2, 0.25) is 0 Å². The van der Waals surface area contributed by atoms with Gasteiger partial charge in [0.1, 0.15) is 24.1 Å².